The van der Waals surface area contributed by atoms with Gasteiger partial charge in [0, 0.05) is 31.8 Å². The van der Waals surface area contributed by atoms with Crippen LogP contribution in [0.25, 0.3) is 0 Å². The zero-order valence-electron chi connectivity index (χ0n) is 12.8. The quantitative estimate of drug-likeness (QED) is 0.930. The van der Waals surface area contributed by atoms with Crippen molar-refractivity contribution in [2.24, 2.45) is 5.92 Å². The second-order valence-electron chi connectivity index (χ2n) is 6.10. The Morgan fingerprint density at radius 3 is 2.50 bits per heavy atom. The van der Waals surface area contributed by atoms with Crippen molar-refractivity contribution in [1.82, 2.24) is 10.2 Å². The SMILES string of the molecule is O=C(C1CCNCC1)N1CCC(Oc2ccccc2Cl)CC1. The highest BCUT2D eigenvalue weighted by atomic mass is 35.5. The highest BCUT2D eigenvalue weighted by Crippen LogP contribution is 2.27. The Bertz CT molecular complexity index is 509. The number of carbonyl (C=O) groups excluding carboxylic acids is 1. The number of piperidine rings is 2. The minimum atomic E-state index is 0.150. The number of nitrogens with zero attached hydrogens (tertiary/aromatic N) is 1. The number of amides is 1. The molecular formula is C17H23ClN2O2. The summed E-state index contributed by atoms with van der Waals surface area (Å²) in [6.07, 6.45) is 3.84. The number of benzene rings is 1. The van der Waals surface area contributed by atoms with Crippen LogP contribution in [-0.4, -0.2) is 43.1 Å². The maximum absolute atomic E-state index is 12.5. The fourth-order valence-electron chi connectivity index (χ4n) is 3.24. The summed E-state index contributed by atoms with van der Waals surface area (Å²) in [6, 6.07) is 7.56. The van der Waals surface area contributed by atoms with Gasteiger partial charge in [-0.15, -0.1) is 0 Å². The Balaban J connectivity index is 1.50. The Morgan fingerprint density at radius 1 is 1.14 bits per heavy atom. The molecule has 2 saturated heterocycles. The molecule has 0 spiro atoms. The maximum Gasteiger partial charge on any atom is 0.225 e. The third-order valence-corrected chi connectivity index (χ3v) is 4.88. The number of nitrogens with one attached hydrogen (secondary N) is 1. The number of hydrogen-bond acceptors (Lipinski definition) is 3. The van der Waals surface area contributed by atoms with Gasteiger partial charge in [-0.3, -0.25) is 4.79 Å². The summed E-state index contributed by atoms with van der Waals surface area (Å²) in [7, 11) is 0. The van der Waals surface area contributed by atoms with Gasteiger partial charge in [-0.25, -0.2) is 0 Å². The molecule has 0 aromatic heterocycles. The van der Waals surface area contributed by atoms with E-state index < -0.39 is 0 Å². The first kappa shape index (κ1) is 15.6. The lowest BCUT2D eigenvalue weighted by molar-refractivity contribution is -0.138. The Morgan fingerprint density at radius 2 is 1.82 bits per heavy atom. The van der Waals surface area contributed by atoms with Gasteiger partial charge < -0.3 is 15.0 Å². The molecule has 2 aliphatic rings. The number of halogens is 1. The van der Waals surface area contributed by atoms with Gasteiger partial charge in [0.25, 0.3) is 0 Å². The van der Waals surface area contributed by atoms with E-state index in [1.54, 1.807) is 0 Å². The summed E-state index contributed by atoms with van der Waals surface area (Å²) in [4.78, 5) is 14.5. The van der Waals surface area contributed by atoms with E-state index in [4.69, 9.17) is 16.3 Å². The molecule has 120 valence electrons. The van der Waals surface area contributed by atoms with Crippen molar-refractivity contribution < 1.29 is 9.53 Å². The smallest absolute Gasteiger partial charge is 0.225 e. The molecule has 4 nitrogen and oxygen atoms in total. The summed E-state index contributed by atoms with van der Waals surface area (Å²) < 4.78 is 5.98. The summed E-state index contributed by atoms with van der Waals surface area (Å²) in [5.74, 6) is 1.28. The monoisotopic (exact) mass is 322 g/mol. The average Bonchev–Trinajstić information content (AvgIpc) is 2.58. The molecule has 1 aromatic carbocycles. The van der Waals surface area contributed by atoms with Crippen LogP contribution in [-0.2, 0) is 4.79 Å². The van der Waals surface area contributed by atoms with Crippen LogP contribution in [0.3, 0.4) is 0 Å². The highest BCUT2D eigenvalue weighted by Gasteiger charge is 2.29. The number of hydrogen-bond donors (Lipinski definition) is 1. The standard InChI is InChI=1S/C17H23ClN2O2/c18-15-3-1-2-4-16(15)22-14-7-11-20(12-8-14)17(21)13-5-9-19-10-6-13/h1-4,13-14,19H,5-12H2. The predicted octanol–water partition coefficient (Wildman–Crippen LogP) is 2.71. The van der Waals surface area contributed by atoms with Crippen LogP contribution in [0, 0.1) is 5.92 Å². The van der Waals surface area contributed by atoms with Crippen molar-refractivity contribution in [3.8, 4) is 5.75 Å². The first-order valence-corrected chi connectivity index (χ1v) is 8.52. The molecule has 5 heteroatoms. The van der Waals surface area contributed by atoms with Crippen molar-refractivity contribution in [3.63, 3.8) is 0 Å². The maximum atomic E-state index is 12.5. The van der Waals surface area contributed by atoms with E-state index in [9.17, 15) is 4.79 Å². The van der Waals surface area contributed by atoms with Gasteiger partial charge in [0.2, 0.25) is 5.91 Å². The first-order valence-electron chi connectivity index (χ1n) is 8.15. The van der Waals surface area contributed by atoms with Crippen LogP contribution in [0.1, 0.15) is 25.7 Å². The molecule has 0 bridgehead atoms. The predicted molar refractivity (Wildman–Crippen MR) is 87.3 cm³/mol. The highest BCUT2D eigenvalue weighted by molar-refractivity contribution is 6.32. The van der Waals surface area contributed by atoms with Crippen LogP contribution in [0.4, 0.5) is 0 Å². The second kappa shape index (κ2) is 7.34. The lowest BCUT2D eigenvalue weighted by Gasteiger charge is -2.35. The van der Waals surface area contributed by atoms with Gasteiger partial charge in [-0.1, -0.05) is 23.7 Å². The molecule has 0 radical (unpaired) electrons. The molecule has 1 aromatic rings. The number of carbonyl (C=O) groups is 1. The van der Waals surface area contributed by atoms with Crippen LogP contribution in [0.5, 0.6) is 5.75 Å². The summed E-state index contributed by atoms with van der Waals surface area (Å²) in [5, 5.41) is 3.96. The van der Waals surface area contributed by atoms with Crippen LogP contribution in [0.15, 0.2) is 24.3 Å². The average molecular weight is 323 g/mol. The van der Waals surface area contributed by atoms with Gasteiger partial charge in [-0.05, 0) is 38.1 Å². The molecule has 0 saturated carbocycles. The van der Waals surface area contributed by atoms with E-state index in [-0.39, 0.29) is 12.0 Å². The van der Waals surface area contributed by atoms with Gasteiger partial charge in [0.15, 0.2) is 0 Å². The largest absolute Gasteiger partial charge is 0.489 e. The van der Waals surface area contributed by atoms with Crippen molar-refractivity contribution in [3.05, 3.63) is 29.3 Å². The number of likely N-dealkylation sites (tertiary alicyclic amines) is 1. The van der Waals surface area contributed by atoms with Crippen LogP contribution >= 0.6 is 11.6 Å². The van der Waals surface area contributed by atoms with E-state index in [0.717, 1.165) is 57.6 Å². The molecule has 2 heterocycles. The molecule has 2 fully saturated rings. The van der Waals surface area contributed by atoms with Gasteiger partial charge in [-0.2, -0.15) is 0 Å². The van der Waals surface area contributed by atoms with E-state index >= 15 is 0 Å². The minimum Gasteiger partial charge on any atom is -0.489 e. The minimum absolute atomic E-state index is 0.150. The van der Waals surface area contributed by atoms with E-state index in [0.29, 0.717) is 10.9 Å². The summed E-state index contributed by atoms with van der Waals surface area (Å²) in [5.41, 5.74) is 0. The van der Waals surface area contributed by atoms with E-state index in [1.165, 1.54) is 0 Å². The normalized spacial score (nSPS) is 20.9. The molecule has 2 aliphatic heterocycles. The van der Waals surface area contributed by atoms with Crippen LogP contribution in [0.2, 0.25) is 5.02 Å². The molecule has 3 rings (SSSR count). The van der Waals surface area contributed by atoms with Gasteiger partial charge in [0.1, 0.15) is 11.9 Å². The van der Waals surface area contributed by atoms with Crippen molar-refractivity contribution >= 4 is 17.5 Å². The lowest BCUT2D eigenvalue weighted by Crippen LogP contribution is -2.46. The van der Waals surface area contributed by atoms with Crippen molar-refractivity contribution in [2.45, 2.75) is 31.8 Å². The fraction of sp³-hybridized carbons (Fsp3) is 0.588. The van der Waals surface area contributed by atoms with Crippen molar-refractivity contribution in [1.29, 1.82) is 0 Å². The molecule has 0 unspecified atom stereocenters. The number of para-hydroxylation sites is 1. The molecule has 0 atom stereocenters. The first-order chi connectivity index (χ1) is 10.7. The Kier molecular flexibility index (Phi) is 5.21. The van der Waals surface area contributed by atoms with Crippen LogP contribution < -0.4 is 10.1 Å². The molecule has 22 heavy (non-hydrogen) atoms. The zero-order chi connectivity index (χ0) is 15.4. The molecule has 1 amide bonds. The molecule has 0 aliphatic carbocycles. The Labute approximate surface area is 136 Å². The number of ether oxygens (including phenoxy) is 1. The summed E-state index contributed by atoms with van der Waals surface area (Å²) >= 11 is 6.13. The fourth-order valence-corrected chi connectivity index (χ4v) is 3.42. The topological polar surface area (TPSA) is 41.6 Å². The zero-order valence-corrected chi connectivity index (χ0v) is 13.5. The molecular weight excluding hydrogens is 300 g/mol. The summed E-state index contributed by atoms with van der Waals surface area (Å²) in [6.45, 7) is 3.50. The molecule has 1 N–H and O–H groups in total. The lowest BCUT2D eigenvalue weighted by atomic mass is 9.95. The van der Waals surface area contributed by atoms with Gasteiger partial charge >= 0.3 is 0 Å². The number of rotatable bonds is 3. The van der Waals surface area contributed by atoms with Gasteiger partial charge in [0.05, 0.1) is 5.02 Å². The Hall–Kier alpha value is -1.26. The van der Waals surface area contributed by atoms with E-state index in [2.05, 4.69) is 5.32 Å². The second-order valence-corrected chi connectivity index (χ2v) is 6.50. The third-order valence-electron chi connectivity index (χ3n) is 4.57. The third kappa shape index (κ3) is 3.73. The van der Waals surface area contributed by atoms with E-state index in [1.807, 2.05) is 29.2 Å². The van der Waals surface area contributed by atoms with Crippen molar-refractivity contribution in [2.75, 3.05) is 26.2 Å².